The molecule has 0 radical (unpaired) electrons. The number of aromatic amines is 1. The zero-order valence-electron chi connectivity index (χ0n) is 17.9. The maximum absolute atomic E-state index is 13.9. The Hall–Kier alpha value is -3.10. The molecule has 4 heterocycles. The van der Waals surface area contributed by atoms with Crippen LogP contribution in [0.4, 0.5) is 14.6 Å². The average molecular weight is 437 g/mol. The highest BCUT2D eigenvalue weighted by molar-refractivity contribution is 5.93. The Balaban J connectivity index is 1.49. The molecule has 166 valence electrons. The monoisotopic (exact) mass is 437 g/mol. The van der Waals surface area contributed by atoms with Gasteiger partial charge in [-0.05, 0) is 55.6 Å². The van der Waals surface area contributed by atoms with Gasteiger partial charge in [-0.3, -0.25) is 5.10 Å². The summed E-state index contributed by atoms with van der Waals surface area (Å²) in [7, 11) is 0. The number of aryl methyl sites for hydroxylation is 1. The van der Waals surface area contributed by atoms with Gasteiger partial charge in [-0.25, -0.2) is 23.7 Å². The van der Waals surface area contributed by atoms with Crippen molar-refractivity contribution in [2.45, 2.75) is 45.2 Å². The Labute approximate surface area is 183 Å². The summed E-state index contributed by atoms with van der Waals surface area (Å²) in [6.45, 7) is 2.05. The van der Waals surface area contributed by atoms with Crippen LogP contribution in [-0.4, -0.2) is 42.4 Å². The van der Waals surface area contributed by atoms with E-state index in [1.807, 2.05) is 12.3 Å². The van der Waals surface area contributed by atoms with E-state index in [0.29, 0.717) is 46.1 Å². The molecule has 2 N–H and O–H groups in total. The first-order chi connectivity index (χ1) is 15.6. The standard InChI is InChI=1S/C23H25F2N7/c1-12-13-2-4-14(5-3-13)18(12)27-21-16-6-8-32(9-7-24)23(16)29-22(28-21)19-17-10-15(25)11-26-20(17)31-30-19/h6,8,10-14,18H,2-5,7,9H2,1H3,(H,26,30,31)(H,27,28,29). The molecule has 4 aromatic rings. The van der Waals surface area contributed by atoms with Crippen molar-refractivity contribution < 1.29 is 8.78 Å². The third kappa shape index (κ3) is 3.05. The molecule has 7 nitrogen and oxygen atoms in total. The molecule has 0 aromatic carbocycles. The number of hydrogen-bond acceptors (Lipinski definition) is 5. The molecule has 0 aliphatic heterocycles. The van der Waals surface area contributed by atoms with Crippen molar-refractivity contribution in [2.75, 3.05) is 12.0 Å². The van der Waals surface area contributed by atoms with Gasteiger partial charge in [0.05, 0.1) is 23.5 Å². The first-order valence-electron chi connectivity index (χ1n) is 11.3. The number of hydrogen-bond donors (Lipinski definition) is 2. The van der Waals surface area contributed by atoms with Crippen LogP contribution < -0.4 is 5.32 Å². The van der Waals surface area contributed by atoms with Crippen LogP contribution in [0.5, 0.6) is 0 Å². The highest BCUT2D eigenvalue weighted by Gasteiger charge is 2.41. The maximum atomic E-state index is 13.9. The minimum absolute atomic E-state index is 0.212. The molecule has 0 spiro atoms. The number of nitrogens with one attached hydrogen (secondary N) is 2. The lowest BCUT2D eigenvalue weighted by Gasteiger charge is -2.47. The van der Waals surface area contributed by atoms with E-state index >= 15 is 0 Å². The van der Waals surface area contributed by atoms with Crippen LogP contribution in [-0.2, 0) is 6.54 Å². The van der Waals surface area contributed by atoms with E-state index in [4.69, 9.17) is 9.97 Å². The van der Waals surface area contributed by atoms with Crippen molar-refractivity contribution >= 4 is 27.9 Å². The van der Waals surface area contributed by atoms with Crippen molar-refractivity contribution in [3.63, 3.8) is 0 Å². The van der Waals surface area contributed by atoms with Crippen LogP contribution in [0.3, 0.4) is 0 Å². The molecule has 4 aromatic heterocycles. The number of H-pyrrole nitrogens is 1. The van der Waals surface area contributed by atoms with Crippen LogP contribution in [0.1, 0.15) is 32.6 Å². The zero-order valence-corrected chi connectivity index (χ0v) is 17.9. The molecule has 3 fully saturated rings. The molecule has 2 atom stereocenters. The summed E-state index contributed by atoms with van der Waals surface area (Å²) in [5, 5.41) is 12.2. The quantitative estimate of drug-likeness (QED) is 0.472. The van der Waals surface area contributed by atoms with Crippen LogP contribution in [0.15, 0.2) is 24.5 Å². The van der Waals surface area contributed by atoms with Crippen molar-refractivity contribution in [2.24, 2.45) is 17.8 Å². The minimum atomic E-state index is -0.489. The van der Waals surface area contributed by atoms with Gasteiger partial charge in [-0.1, -0.05) is 6.92 Å². The number of nitrogens with zero attached hydrogens (tertiary/aromatic N) is 5. The number of anilines is 1. The predicted octanol–water partition coefficient (Wildman–Crippen LogP) is 4.71. The van der Waals surface area contributed by atoms with Crippen LogP contribution in [0.2, 0.25) is 0 Å². The molecule has 9 heteroatoms. The lowest BCUT2D eigenvalue weighted by atomic mass is 9.62. The maximum Gasteiger partial charge on any atom is 0.182 e. The first kappa shape index (κ1) is 19.6. The molecule has 2 bridgehead atoms. The van der Waals surface area contributed by atoms with E-state index in [9.17, 15) is 8.78 Å². The van der Waals surface area contributed by atoms with Gasteiger partial charge in [-0.2, -0.15) is 5.10 Å². The molecule has 3 saturated carbocycles. The highest BCUT2D eigenvalue weighted by atomic mass is 19.1. The molecule has 0 saturated heterocycles. The second-order valence-electron chi connectivity index (χ2n) is 9.16. The largest absolute Gasteiger partial charge is 0.366 e. The third-order valence-electron chi connectivity index (χ3n) is 7.48. The van der Waals surface area contributed by atoms with E-state index in [2.05, 4.69) is 27.4 Å². The normalized spacial score (nSPS) is 25.1. The summed E-state index contributed by atoms with van der Waals surface area (Å²) in [6, 6.07) is 3.66. The summed E-state index contributed by atoms with van der Waals surface area (Å²) in [5.41, 5.74) is 1.55. The van der Waals surface area contributed by atoms with Gasteiger partial charge in [0.1, 0.15) is 29.7 Å². The minimum Gasteiger partial charge on any atom is -0.366 e. The fourth-order valence-corrected chi connectivity index (χ4v) is 5.76. The second kappa shape index (κ2) is 7.50. The average Bonchev–Trinajstić information content (AvgIpc) is 3.41. The van der Waals surface area contributed by atoms with E-state index in [-0.39, 0.29) is 6.54 Å². The van der Waals surface area contributed by atoms with Crippen molar-refractivity contribution in [1.29, 1.82) is 0 Å². The molecular weight excluding hydrogens is 412 g/mol. The molecule has 3 aliphatic carbocycles. The first-order valence-corrected chi connectivity index (χ1v) is 11.3. The van der Waals surface area contributed by atoms with E-state index < -0.39 is 12.5 Å². The van der Waals surface area contributed by atoms with Gasteiger partial charge in [-0.15, -0.1) is 0 Å². The number of pyridine rings is 1. The fraction of sp³-hybridized carbons (Fsp3) is 0.478. The second-order valence-corrected chi connectivity index (χ2v) is 9.16. The summed E-state index contributed by atoms with van der Waals surface area (Å²) < 4.78 is 28.9. The van der Waals surface area contributed by atoms with Gasteiger partial charge in [0.2, 0.25) is 0 Å². The van der Waals surface area contributed by atoms with Crippen molar-refractivity contribution in [1.82, 2.24) is 29.7 Å². The van der Waals surface area contributed by atoms with E-state index in [0.717, 1.165) is 23.3 Å². The Bertz CT molecular complexity index is 1290. The summed E-state index contributed by atoms with van der Waals surface area (Å²) >= 11 is 0. The number of alkyl halides is 1. The Kier molecular flexibility index (Phi) is 4.58. The zero-order chi connectivity index (χ0) is 21.8. The molecular formula is C23H25F2N7. The number of rotatable bonds is 5. The lowest BCUT2D eigenvalue weighted by Crippen LogP contribution is -2.47. The third-order valence-corrected chi connectivity index (χ3v) is 7.48. The molecule has 2 unspecified atom stereocenters. The Morgan fingerprint density at radius 3 is 2.75 bits per heavy atom. The lowest BCUT2D eigenvalue weighted by molar-refractivity contribution is 0.0929. The van der Waals surface area contributed by atoms with Crippen LogP contribution >= 0.6 is 0 Å². The van der Waals surface area contributed by atoms with Crippen LogP contribution in [0, 0.1) is 23.6 Å². The predicted molar refractivity (Wildman–Crippen MR) is 118 cm³/mol. The van der Waals surface area contributed by atoms with E-state index in [1.165, 1.54) is 31.7 Å². The smallest absolute Gasteiger partial charge is 0.182 e. The van der Waals surface area contributed by atoms with Gasteiger partial charge in [0, 0.05) is 12.2 Å². The van der Waals surface area contributed by atoms with Gasteiger partial charge < -0.3 is 9.88 Å². The van der Waals surface area contributed by atoms with E-state index in [1.54, 1.807) is 4.57 Å². The number of halogens is 2. The topological polar surface area (TPSA) is 84.3 Å². The van der Waals surface area contributed by atoms with Gasteiger partial charge in [0.25, 0.3) is 0 Å². The fourth-order valence-electron chi connectivity index (χ4n) is 5.76. The van der Waals surface area contributed by atoms with Crippen LogP contribution in [0.25, 0.3) is 33.6 Å². The molecule has 0 amide bonds. The van der Waals surface area contributed by atoms with Crippen molar-refractivity contribution in [3.8, 4) is 11.5 Å². The Morgan fingerprint density at radius 1 is 1.16 bits per heavy atom. The number of fused-ring (bicyclic) bond motifs is 5. The summed E-state index contributed by atoms with van der Waals surface area (Å²) in [6.07, 6.45) is 8.08. The molecule has 32 heavy (non-hydrogen) atoms. The van der Waals surface area contributed by atoms with Gasteiger partial charge in [0.15, 0.2) is 11.5 Å². The molecule has 7 rings (SSSR count). The van der Waals surface area contributed by atoms with Crippen molar-refractivity contribution in [3.05, 3.63) is 30.3 Å². The molecule has 3 aliphatic rings. The SMILES string of the molecule is CC1C2CCC(CC2)C1Nc1nc(-c2[nH]nc3ncc(F)cc23)nc2c1ccn2CCF. The van der Waals surface area contributed by atoms with Gasteiger partial charge >= 0.3 is 0 Å². The highest BCUT2D eigenvalue weighted by Crippen LogP contribution is 2.46. The summed E-state index contributed by atoms with van der Waals surface area (Å²) in [4.78, 5) is 13.6. The Morgan fingerprint density at radius 2 is 1.97 bits per heavy atom. The number of aromatic nitrogens is 6. The summed E-state index contributed by atoms with van der Waals surface area (Å²) in [5.74, 6) is 2.61.